The van der Waals surface area contributed by atoms with Gasteiger partial charge in [0.15, 0.2) is 0 Å². The molecule has 0 aliphatic heterocycles. The molecule has 3 aromatic rings. The highest BCUT2D eigenvalue weighted by Crippen LogP contribution is 2.22. The largest absolute Gasteiger partial charge is 0.458 e. The number of benzene rings is 2. The monoisotopic (exact) mass is 501 g/mol. The van der Waals surface area contributed by atoms with E-state index in [1.807, 2.05) is 5.43 Å². The molecule has 1 aromatic heterocycles. The molecular weight excluding hydrogens is 485 g/mol. The summed E-state index contributed by atoms with van der Waals surface area (Å²) in [5.41, 5.74) is 2.79. The second kappa shape index (κ2) is 11.6. The quantitative estimate of drug-likeness (QED) is 0.233. The lowest BCUT2D eigenvalue weighted by Gasteiger charge is -2.05. The number of para-hydroxylation sites is 1. The van der Waals surface area contributed by atoms with Crippen molar-refractivity contribution in [1.29, 1.82) is 0 Å². The van der Waals surface area contributed by atoms with E-state index in [9.17, 15) is 19.2 Å². The summed E-state index contributed by atoms with van der Waals surface area (Å²) < 4.78 is 5.42. The number of nitrogens with one attached hydrogen (secondary N) is 4. The molecule has 0 saturated carbocycles. The van der Waals surface area contributed by atoms with Gasteiger partial charge in [0.05, 0.1) is 12.8 Å². The Hall–Kier alpha value is -4.15. The predicted molar refractivity (Wildman–Crippen MR) is 126 cm³/mol. The molecule has 0 saturated heterocycles. The summed E-state index contributed by atoms with van der Waals surface area (Å²) >= 11 is 11.7. The Morgan fingerprint density at radius 1 is 0.794 bits per heavy atom. The molecule has 2 aromatic carbocycles. The van der Waals surface area contributed by atoms with Gasteiger partial charge in [0.1, 0.15) is 11.5 Å². The number of hydrogen-bond donors (Lipinski definition) is 4. The number of carbonyl (C=O) groups excluding carboxylic acids is 4. The molecule has 4 amide bonds. The van der Waals surface area contributed by atoms with E-state index in [4.69, 9.17) is 27.6 Å². The Balaban J connectivity index is 1.44. The molecule has 0 unspecified atom stereocenters. The molecule has 0 aliphatic rings. The summed E-state index contributed by atoms with van der Waals surface area (Å²) in [4.78, 5) is 47.6. The van der Waals surface area contributed by atoms with Crippen LogP contribution in [0.25, 0.3) is 0 Å². The highest BCUT2D eigenvalue weighted by Gasteiger charge is 2.15. The van der Waals surface area contributed by atoms with Crippen LogP contribution in [-0.2, 0) is 25.7 Å². The van der Waals surface area contributed by atoms with Crippen LogP contribution in [0.2, 0.25) is 10.0 Å². The van der Waals surface area contributed by atoms with Gasteiger partial charge in [-0.1, -0.05) is 41.4 Å². The van der Waals surface area contributed by atoms with Crippen molar-refractivity contribution in [2.75, 3.05) is 10.6 Å². The summed E-state index contributed by atoms with van der Waals surface area (Å²) in [6.07, 6.45) is 1.16. The van der Waals surface area contributed by atoms with Crippen molar-refractivity contribution in [1.82, 2.24) is 10.7 Å². The average Bonchev–Trinajstić information content (AvgIpc) is 3.25. The third kappa shape index (κ3) is 7.47. The number of carbonyl (C=O) groups is 4. The third-order valence-corrected chi connectivity index (χ3v) is 4.46. The first-order chi connectivity index (χ1) is 16.3. The zero-order valence-electron chi connectivity index (χ0n) is 17.3. The number of furan rings is 1. The zero-order chi connectivity index (χ0) is 24.5. The fourth-order valence-electron chi connectivity index (χ4n) is 2.54. The summed E-state index contributed by atoms with van der Waals surface area (Å²) in [5.74, 6) is -3.09. The minimum atomic E-state index is -1.03. The topological polar surface area (TPSA) is 142 Å². The van der Waals surface area contributed by atoms with E-state index in [0.29, 0.717) is 21.5 Å². The van der Waals surface area contributed by atoms with E-state index in [2.05, 4.69) is 21.1 Å². The molecule has 4 N–H and O–H groups in total. The minimum Gasteiger partial charge on any atom is -0.458 e. The van der Waals surface area contributed by atoms with Gasteiger partial charge in [-0.2, -0.15) is 5.10 Å². The Kier molecular flexibility index (Phi) is 8.38. The molecule has 0 radical (unpaired) electrons. The van der Waals surface area contributed by atoms with Gasteiger partial charge in [-0.25, -0.2) is 5.43 Å². The number of nitrogens with zero attached hydrogens (tertiary/aromatic N) is 1. The predicted octanol–water partition coefficient (Wildman–Crippen LogP) is 2.93. The summed E-state index contributed by atoms with van der Waals surface area (Å²) in [6, 6.07) is 15.9. The molecule has 174 valence electrons. The molecule has 0 fully saturated rings. The minimum absolute atomic E-state index is 0.0498. The van der Waals surface area contributed by atoms with E-state index in [1.165, 1.54) is 24.3 Å². The molecular formula is C22H17Cl2N5O5. The van der Waals surface area contributed by atoms with Crippen LogP contribution in [0.1, 0.15) is 11.5 Å². The van der Waals surface area contributed by atoms with Crippen LogP contribution in [0, 0.1) is 0 Å². The maximum absolute atomic E-state index is 11.9. The smallest absolute Gasteiger partial charge is 0.329 e. The standard InChI is InChI=1S/C22H17Cl2N5O5/c23-13-8-14(24)10-16(9-13)28-21(32)22(33)29-26-12-18-7-6-17(34-18)11-25-19(30)20(31)27-15-4-2-1-3-5-15/h1-10,12H,11H2,(H,25,30)(H,27,31)(H,28,32)(H,29,33)/b26-12+. The summed E-state index contributed by atoms with van der Waals surface area (Å²) in [5, 5.41) is 11.5. The average molecular weight is 502 g/mol. The van der Waals surface area contributed by atoms with Gasteiger partial charge < -0.3 is 20.4 Å². The van der Waals surface area contributed by atoms with Crippen molar-refractivity contribution >= 4 is 64.4 Å². The van der Waals surface area contributed by atoms with Crippen molar-refractivity contribution in [3.63, 3.8) is 0 Å². The van der Waals surface area contributed by atoms with Gasteiger partial charge in [0.2, 0.25) is 0 Å². The molecule has 0 bridgehead atoms. The molecule has 1 heterocycles. The maximum atomic E-state index is 11.9. The molecule has 10 nitrogen and oxygen atoms in total. The Labute approximate surface area is 203 Å². The van der Waals surface area contributed by atoms with Crippen molar-refractivity contribution in [3.8, 4) is 0 Å². The summed E-state index contributed by atoms with van der Waals surface area (Å²) in [6.45, 7) is -0.0498. The van der Waals surface area contributed by atoms with Gasteiger partial charge in [-0.05, 0) is 42.5 Å². The van der Waals surface area contributed by atoms with E-state index in [0.717, 1.165) is 6.21 Å². The number of anilines is 2. The van der Waals surface area contributed by atoms with Crippen LogP contribution in [0.5, 0.6) is 0 Å². The van der Waals surface area contributed by atoms with Gasteiger partial charge in [-0.15, -0.1) is 0 Å². The van der Waals surface area contributed by atoms with Crippen molar-refractivity contribution < 1.29 is 23.6 Å². The normalized spacial score (nSPS) is 10.5. The zero-order valence-corrected chi connectivity index (χ0v) is 18.8. The van der Waals surface area contributed by atoms with E-state index in [1.54, 1.807) is 36.4 Å². The number of amides is 4. The van der Waals surface area contributed by atoms with Gasteiger partial charge in [0.25, 0.3) is 0 Å². The van der Waals surface area contributed by atoms with Crippen LogP contribution in [0.15, 0.2) is 70.2 Å². The lowest BCUT2D eigenvalue weighted by Crippen LogP contribution is -2.34. The highest BCUT2D eigenvalue weighted by molar-refractivity contribution is 6.40. The van der Waals surface area contributed by atoms with Gasteiger partial charge in [-0.3, -0.25) is 19.2 Å². The lowest BCUT2D eigenvalue weighted by atomic mass is 10.3. The molecule has 0 atom stereocenters. The molecule has 0 spiro atoms. The first-order valence-corrected chi connectivity index (χ1v) is 10.4. The number of hydrogen-bond acceptors (Lipinski definition) is 6. The van der Waals surface area contributed by atoms with Crippen LogP contribution in [0.3, 0.4) is 0 Å². The highest BCUT2D eigenvalue weighted by atomic mass is 35.5. The third-order valence-electron chi connectivity index (χ3n) is 4.03. The first-order valence-electron chi connectivity index (χ1n) is 9.63. The van der Waals surface area contributed by atoms with Crippen molar-refractivity contribution in [2.24, 2.45) is 5.10 Å². The molecule has 0 aliphatic carbocycles. The number of halogens is 2. The SMILES string of the molecule is O=C(NCc1ccc(/C=N/NC(=O)C(=O)Nc2cc(Cl)cc(Cl)c2)o1)C(=O)Nc1ccccc1. The second-order valence-corrected chi connectivity index (χ2v) is 7.49. The summed E-state index contributed by atoms with van der Waals surface area (Å²) in [7, 11) is 0. The Bertz CT molecular complexity index is 1220. The fourth-order valence-corrected chi connectivity index (χ4v) is 3.06. The van der Waals surface area contributed by atoms with E-state index >= 15 is 0 Å². The lowest BCUT2D eigenvalue weighted by molar-refractivity contribution is -0.136. The number of rotatable bonds is 6. The van der Waals surface area contributed by atoms with Crippen LogP contribution in [0.4, 0.5) is 11.4 Å². The van der Waals surface area contributed by atoms with Crippen LogP contribution in [-0.4, -0.2) is 29.8 Å². The van der Waals surface area contributed by atoms with Crippen LogP contribution >= 0.6 is 23.2 Å². The molecule has 12 heteroatoms. The first kappa shape index (κ1) is 24.5. The molecule has 34 heavy (non-hydrogen) atoms. The fraction of sp³-hybridized carbons (Fsp3) is 0.0455. The Morgan fingerprint density at radius 3 is 2.15 bits per heavy atom. The van der Waals surface area contributed by atoms with Gasteiger partial charge in [0, 0.05) is 21.4 Å². The van der Waals surface area contributed by atoms with Crippen molar-refractivity contribution in [3.05, 3.63) is 82.2 Å². The maximum Gasteiger partial charge on any atom is 0.329 e. The molecule has 3 rings (SSSR count). The van der Waals surface area contributed by atoms with E-state index < -0.39 is 23.6 Å². The Morgan fingerprint density at radius 2 is 1.44 bits per heavy atom. The number of hydrazone groups is 1. The second-order valence-electron chi connectivity index (χ2n) is 6.62. The van der Waals surface area contributed by atoms with Crippen LogP contribution < -0.4 is 21.4 Å². The van der Waals surface area contributed by atoms with E-state index in [-0.39, 0.29) is 18.0 Å². The van der Waals surface area contributed by atoms with Gasteiger partial charge >= 0.3 is 23.6 Å². The van der Waals surface area contributed by atoms with Crippen molar-refractivity contribution in [2.45, 2.75) is 6.54 Å².